The fourth-order valence-corrected chi connectivity index (χ4v) is 3.76. The van der Waals surface area contributed by atoms with E-state index in [-0.39, 0.29) is 5.02 Å². The van der Waals surface area contributed by atoms with Crippen molar-refractivity contribution in [2.24, 2.45) is 11.8 Å². The lowest BCUT2D eigenvalue weighted by Crippen LogP contribution is -2.18. The molecule has 1 aliphatic carbocycles. The molecule has 0 radical (unpaired) electrons. The fraction of sp³-hybridized carbons (Fsp3) is 0.533. The van der Waals surface area contributed by atoms with Gasteiger partial charge in [0.2, 0.25) is 0 Å². The molecule has 2 nitrogen and oxygen atoms in total. The van der Waals surface area contributed by atoms with E-state index in [0.717, 1.165) is 23.5 Å². The molecule has 1 aromatic heterocycles. The van der Waals surface area contributed by atoms with E-state index < -0.39 is 5.82 Å². The minimum absolute atomic E-state index is 0.150. The Balaban J connectivity index is 1.96. The SMILES string of the molecule is CC1CCCC(Cn2c(=S)[nH]c3cc(F)c(Cl)cc32)C1. The van der Waals surface area contributed by atoms with E-state index in [2.05, 4.69) is 16.5 Å². The van der Waals surface area contributed by atoms with Crippen molar-refractivity contribution in [3.8, 4) is 0 Å². The van der Waals surface area contributed by atoms with Gasteiger partial charge in [-0.15, -0.1) is 0 Å². The number of nitrogens with zero attached hydrogens (tertiary/aromatic N) is 1. The number of aromatic amines is 1. The van der Waals surface area contributed by atoms with Crippen molar-refractivity contribution >= 4 is 34.9 Å². The summed E-state index contributed by atoms with van der Waals surface area (Å²) in [6.45, 7) is 3.21. The second kappa shape index (κ2) is 5.49. The van der Waals surface area contributed by atoms with Crippen LogP contribution in [0, 0.1) is 22.4 Å². The highest BCUT2D eigenvalue weighted by Crippen LogP contribution is 2.31. The highest BCUT2D eigenvalue weighted by molar-refractivity contribution is 7.71. The van der Waals surface area contributed by atoms with E-state index in [0.29, 0.717) is 10.7 Å². The molecule has 0 saturated heterocycles. The van der Waals surface area contributed by atoms with Gasteiger partial charge in [0.25, 0.3) is 0 Å². The van der Waals surface area contributed by atoms with Crippen LogP contribution in [0.15, 0.2) is 12.1 Å². The summed E-state index contributed by atoms with van der Waals surface area (Å²) >= 11 is 11.3. The first-order valence-corrected chi connectivity index (χ1v) is 7.91. The molecule has 0 amide bonds. The molecule has 5 heteroatoms. The Morgan fingerprint density at radius 3 is 3.00 bits per heavy atom. The quantitative estimate of drug-likeness (QED) is 0.744. The summed E-state index contributed by atoms with van der Waals surface area (Å²) in [5.41, 5.74) is 1.63. The molecule has 1 aromatic carbocycles. The molecular weight excluding hydrogens is 295 g/mol. The second-order valence-electron chi connectivity index (χ2n) is 5.96. The maximum Gasteiger partial charge on any atom is 0.178 e. The number of rotatable bonds is 2. The molecule has 1 saturated carbocycles. The number of benzene rings is 1. The average molecular weight is 313 g/mol. The molecule has 1 fully saturated rings. The zero-order valence-electron chi connectivity index (χ0n) is 11.5. The van der Waals surface area contributed by atoms with E-state index in [9.17, 15) is 4.39 Å². The topological polar surface area (TPSA) is 20.7 Å². The number of fused-ring (bicyclic) bond motifs is 1. The van der Waals surface area contributed by atoms with Gasteiger partial charge < -0.3 is 9.55 Å². The van der Waals surface area contributed by atoms with E-state index in [1.54, 1.807) is 6.07 Å². The Labute approximate surface area is 127 Å². The third-order valence-electron chi connectivity index (χ3n) is 4.30. The third-order valence-corrected chi connectivity index (χ3v) is 4.91. The predicted octanol–water partition coefficient (Wildman–Crippen LogP) is 5.32. The Hall–Kier alpha value is -0.870. The molecule has 0 bridgehead atoms. The summed E-state index contributed by atoms with van der Waals surface area (Å²) in [6.07, 6.45) is 5.10. The largest absolute Gasteiger partial charge is 0.330 e. The zero-order valence-corrected chi connectivity index (χ0v) is 13.0. The molecule has 0 spiro atoms. The molecular formula is C15H18ClFN2S. The van der Waals surface area contributed by atoms with Crippen LogP contribution in [-0.2, 0) is 6.54 Å². The first kappa shape index (κ1) is 14.1. The summed E-state index contributed by atoms with van der Waals surface area (Å²) in [6, 6.07) is 3.10. The van der Waals surface area contributed by atoms with E-state index in [1.165, 1.54) is 31.7 Å². The smallest absolute Gasteiger partial charge is 0.178 e. The standard InChI is InChI=1S/C15H18ClFN2S/c1-9-3-2-4-10(5-9)8-19-14-6-11(16)12(17)7-13(14)18-15(19)20/h6-7,9-10H,2-5,8H2,1H3,(H,18,20). The molecule has 2 unspecified atom stereocenters. The normalized spacial score (nSPS) is 23.4. The summed E-state index contributed by atoms with van der Waals surface area (Å²) in [7, 11) is 0. The zero-order chi connectivity index (χ0) is 14.3. The second-order valence-corrected chi connectivity index (χ2v) is 6.76. The molecule has 1 heterocycles. The maximum absolute atomic E-state index is 13.5. The van der Waals surface area contributed by atoms with Crippen molar-refractivity contribution in [1.29, 1.82) is 0 Å². The number of halogens is 2. The number of H-pyrrole nitrogens is 1. The van der Waals surface area contributed by atoms with Crippen LogP contribution in [0.2, 0.25) is 5.02 Å². The van der Waals surface area contributed by atoms with Crippen LogP contribution in [0.1, 0.15) is 32.6 Å². The van der Waals surface area contributed by atoms with Crippen LogP contribution in [0.5, 0.6) is 0 Å². The Bertz CT molecular complexity index is 691. The fourth-order valence-electron chi connectivity index (χ4n) is 3.32. The van der Waals surface area contributed by atoms with E-state index >= 15 is 0 Å². The highest BCUT2D eigenvalue weighted by Gasteiger charge is 2.20. The Morgan fingerprint density at radius 1 is 1.45 bits per heavy atom. The van der Waals surface area contributed by atoms with Gasteiger partial charge in [-0.2, -0.15) is 0 Å². The predicted molar refractivity (Wildman–Crippen MR) is 83.2 cm³/mol. The summed E-state index contributed by atoms with van der Waals surface area (Å²) in [5, 5.41) is 0.150. The Morgan fingerprint density at radius 2 is 2.25 bits per heavy atom. The lowest BCUT2D eigenvalue weighted by molar-refractivity contribution is 0.258. The number of hydrogen-bond acceptors (Lipinski definition) is 1. The summed E-state index contributed by atoms with van der Waals surface area (Å²) in [4.78, 5) is 3.08. The molecule has 108 valence electrons. The summed E-state index contributed by atoms with van der Waals surface area (Å²) < 4.78 is 16.2. The van der Waals surface area contributed by atoms with Gasteiger partial charge in [-0.05, 0) is 43.0 Å². The number of nitrogens with one attached hydrogen (secondary N) is 1. The lowest BCUT2D eigenvalue weighted by atomic mass is 9.82. The van der Waals surface area contributed by atoms with Crippen molar-refractivity contribution in [2.75, 3.05) is 0 Å². The van der Waals surface area contributed by atoms with Gasteiger partial charge in [-0.25, -0.2) is 4.39 Å². The van der Waals surface area contributed by atoms with E-state index in [4.69, 9.17) is 23.8 Å². The first-order valence-electron chi connectivity index (χ1n) is 7.12. The van der Waals surface area contributed by atoms with Crippen LogP contribution >= 0.6 is 23.8 Å². The van der Waals surface area contributed by atoms with Crippen LogP contribution < -0.4 is 0 Å². The summed E-state index contributed by atoms with van der Waals surface area (Å²) in [5.74, 6) is 1.02. The minimum atomic E-state index is -0.408. The van der Waals surface area contributed by atoms with Gasteiger partial charge in [0.15, 0.2) is 4.77 Å². The number of hydrogen-bond donors (Lipinski definition) is 1. The molecule has 2 aromatic rings. The molecule has 20 heavy (non-hydrogen) atoms. The van der Waals surface area contributed by atoms with Gasteiger partial charge in [0, 0.05) is 12.6 Å². The van der Waals surface area contributed by atoms with Gasteiger partial charge in [-0.3, -0.25) is 0 Å². The minimum Gasteiger partial charge on any atom is -0.330 e. The molecule has 1 N–H and O–H groups in total. The average Bonchev–Trinajstić information content (AvgIpc) is 2.67. The van der Waals surface area contributed by atoms with Crippen molar-refractivity contribution in [3.05, 3.63) is 27.7 Å². The van der Waals surface area contributed by atoms with Crippen molar-refractivity contribution in [2.45, 2.75) is 39.2 Å². The molecule has 2 atom stereocenters. The van der Waals surface area contributed by atoms with Gasteiger partial charge in [0.05, 0.1) is 16.1 Å². The monoisotopic (exact) mass is 312 g/mol. The van der Waals surface area contributed by atoms with Crippen molar-refractivity contribution < 1.29 is 4.39 Å². The Kier molecular flexibility index (Phi) is 3.87. The maximum atomic E-state index is 13.5. The number of aromatic nitrogens is 2. The van der Waals surface area contributed by atoms with Crippen molar-refractivity contribution in [1.82, 2.24) is 9.55 Å². The van der Waals surface area contributed by atoms with Crippen molar-refractivity contribution in [3.63, 3.8) is 0 Å². The van der Waals surface area contributed by atoms with E-state index in [1.807, 2.05) is 0 Å². The molecule has 0 aliphatic heterocycles. The van der Waals surface area contributed by atoms with Crippen LogP contribution in [0.3, 0.4) is 0 Å². The third kappa shape index (κ3) is 2.63. The van der Waals surface area contributed by atoms with Crippen LogP contribution in [0.25, 0.3) is 11.0 Å². The van der Waals surface area contributed by atoms with Crippen LogP contribution in [-0.4, -0.2) is 9.55 Å². The molecule has 1 aliphatic rings. The number of imidazole rings is 1. The van der Waals surface area contributed by atoms with Gasteiger partial charge in [-0.1, -0.05) is 31.4 Å². The highest BCUT2D eigenvalue weighted by atomic mass is 35.5. The molecule has 3 rings (SSSR count). The van der Waals surface area contributed by atoms with Gasteiger partial charge in [0.1, 0.15) is 5.82 Å². The lowest BCUT2D eigenvalue weighted by Gasteiger charge is -2.27. The van der Waals surface area contributed by atoms with Crippen LogP contribution in [0.4, 0.5) is 4.39 Å². The first-order chi connectivity index (χ1) is 9.54. The van der Waals surface area contributed by atoms with Gasteiger partial charge >= 0.3 is 0 Å².